The Morgan fingerprint density at radius 2 is 0.919 bits per heavy atom. The molecule has 13 nitrogen and oxygen atoms in total. The number of nitrogens with one attached hydrogen (secondary N) is 1. The number of benzene rings is 4. The Morgan fingerprint density at radius 1 is 0.548 bits per heavy atom. The molecular formula is C44H52BBr2IN5O8S. The molecule has 0 atom stereocenters. The molecule has 0 saturated carbocycles. The number of halogens is 3. The molecule has 18 heteroatoms. The van der Waals surface area contributed by atoms with Crippen LogP contribution in [0.3, 0.4) is 0 Å². The molecule has 4 aliphatic heterocycles. The number of fused-ring (bicyclic) bond motifs is 4. The molecule has 331 valence electrons. The van der Waals surface area contributed by atoms with Crippen molar-refractivity contribution >= 4 is 121 Å². The van der Waals surface area contributed by atoms with Crippen LogP contribution in [0.25, 0.3) is 0 Å². The predicted octanol–water partition coefficient (Wildman–Crippen LogP) is 10.0. The van der Waals surface area contributed by atoms with Crippen molar-refractivity contribution < 1.29 is 38.1 Å². The van der Waals surface area contributed by atoms with Crippen molar-refractivity contribution in [2.75, 3.05) is 46.1 Å². The monoisotopic (exact) mass is 1110 g/mol. The van der Waals surface area contributed by atoms with Crippen molar-refractivity contribution in [3.63, 3.8) is 0 Å². The van der Waals surface area contributed by atoms with Crippen molar-refractivity contribution in [2.45, 2.75) is 77.8 Å². The molecule has 0 aliphatic carbocycles. The summed E-state index contributed by atoms with van der Waals surface area (Å²) in [5, 5.41) is 2.79. The van der Waals surface area contributed by atoms with Gasteiger partial charge in [0.25, 0.3) is 23.6 Å². The van der Waals surface area contributed by atoms with E-state index in [2.05, 4.69) is 84.5 Å². The topological polar surface area (TPSA) is 139 Å². The standard InChI is InChI=1S/2C11H12BrNO2.C11H13NO2.C10H11NO2.CH3I.BHNS/c1-11(2)10(14)13(3)8-6-7(12)4-5-9(8)15-11;1-11(2)10(14)13(3)8-5-4-7(12)6-9(8)15-11;1-11(2)10(13)12(3)8-6-4-5-7-9(8)14-11;1-10(2)9(12)11-7-5-3-4-6-8(7)13-10;1-2;1-2-3/h2*4-6H,1-3H3;4-7H,1-3H3;3-6H,1-2H3,(H,11,12);1H3;3H. The van der Waals surface area contributed by atoms with Gasteiger partial charge in [0, 0.05) is 30.1 Å². The Kier molecular flexibility index (Phi) is 18.1. The zero-order valence-electron chi connectivity index (χ0n) is 36.8. The number of rotatable bonds is 0. The van der Waals surface area contributed by atoms with Gasteiger partial charge in [0.15, 0.2) is 22.4 Å². The van der Waals surface area contributed by atoms with Gasteiger partial charge < -0.3 is 39.0 Å². The summed E-state index contributed by atoms with van der Waals surface area (Å²) < 4.78 is 27.0. The fraction of sp³-hybridized carbons (Fsp3) is 0.364. The second-order valence-corrected chi connectivity index (χ2v) is 17.9. The number of ether oxygens (including phenoxy) is 4. The Morgan fingerprint density at radius 3 is 1.45 bits per heavy atom. The van der Waals surface area contributed by atoms with Crippen LogP contribution in [0.5, 0.6) is 23.0 Å². The van der Waals surface area contributed by atoms with Gasteiger partial charge in [-0.05, 0) is 121 Å². The van der Waals surface area contributed by atoms with Crippen molar-refractivity contribution in [1.82, 2.24) is 0 Å². The summed E-state index contributed by atoms with van der Waals surface area (Å²) in [7, 11) is 9.63. The van der Waals surface area contributed by atoms with Crippen LogP contribution in [0, 0.1) is 0 Å². The van der Waals surface area contributed by atoms with Crippen LogP contribution < -0.4 is 39.0 Å². The van der Waals surface area contributed by atoms with E-state index in [9.17, 15) is 19.2 Å². The molecule has 0 unspecified atom stereocenters. The summed E-state index contributed by atoms with van der Waals surface area (Å²) in [6.45, 7) is 14.2. The normalized spacial score (nSPS) is 17.3. The number of alkyl halides is 1. The third-order valence-corrected chi connectivity index (χ3v) is 10.4. The van der Waals surface area contributed by atoms with E-state index in [4.69, 9.17) is 18.9 Å². The van der Waals surface area contributed by atoms with Crippen LogP contribution in [-0.4, -0.2) is 79.7 Å². The number of thiol groups is 1. The molecule has 0 aromatic heterocycles. The van der Waals surface area contributed by atoms with Crippen LogP contribution in [0.4, 0.5) is 22.7 Å². The summed E-state index contributed by atoms with van der Waals surface area (Å²) in [4.78, 5) is 53.9. The van der Waals surface area contributed by atoms with Crippen LogP contribution in [0.2, 0.25) is 0 Å². The minimum atomic E-state index is -0.789. The molecule has 4 aromatic rings. The summed E-state index contributed by atoms with van der Waals surface area (Å²) in [5.41, 5.74) is 0.0788. The molecule has 4 aromatic carbocycles. The summed E-state index contributed by atoms with van der Waals surface area (Å²) in [6, 6.07) is 26.2. The van der Waals surface area contributed by atoms with E-state index in [-0.39, 0.29) is 23.6 Å². The van der Waals surface area contributed by atoms with E-state index in [0.29, 0.717) is 0 Å². The zero-order chi connectivity index (χ0) is 47.0. The van der Waals surface area contributed by atoms with Crippen molar-refractivity contribution in [1.29, 1.82) is 0 Å². The number of amides is 4. The fourth-order valence-corrected chi connectivity index (χ4v) is 6.94. The molecule has 1 radical (unpaired) electrons. The molecule has 8 rings (SSSR count). The molecule has 4 amide bonds. The Bertz CT molecular complexity index is 2300. The molecule has 4 heterocycles. The first-order chi connectivity index (χ1) is 28.9. The van der Waals surface area contributed by atoms with Crippen molar-refractivity contribution in [3.8, 4) is 23.0 Å². The third-order valence-electron chi connectivity index (χ3n) is 9.39. The van der Waals surface area contributed by atoms with Gasteiger partial charge in [-0.15, -0.1) is 0 Å². The molecule has 1 N–H and O–H groups in total. The predicted molar refractivity (Wildman–Crippen MR) is 266 cm³/mol. The number of anilines is 4. The van der Waals surface area contributed by atoms with E-state index in [1.54, 1.807) is 91.2 Å². The minimum absolute atomic E-state index is 0.0174. The molecule has 0 fully saturated rings. The van der Waals surface area contributed by atoms with E-state index >= 15 is 0 Å². The molecule has 62 heavy (non-hydrogen) atoms. The molecule has 0 bridgehead atoms. The van der Waals surface area contributed by atoms with Crippen LogP contribution >= 0.6 is 67.3 Å². The van der Waals surface area contributed by atoms with Gasteiger partial charge in [-0.3, -0.25) is 19.2 Å². The van der Waals surface area contributed by atoms with Gasteiger partial charge in [0.1, 0.15) is 23.0 Å². The first-order valence-electron chi connectivity index (χ1n) is 19.0. The van der Waals surface area contributed by atoms with Gasteiger partial charge in [-0.1, -0.05) is 78.7 Å². The van der Waals surface area contributed by atoms with Crippen LogP contribution in [0.15, 0.2) is 98.2 Å². The average Bonchev–Trinajstić information content (AvgIpc) is 3.20. The second-order valence-electron chi connectivity index (χ2n) is 15.8. The van der Waals surface area contributed by atoms with Gasteiger partial charge in [-0.2, -0.15) is 0 Å². The van der Waals surface area contributed by atoms with Crippen LogP contribution in [0.1, 0.15) is 55.4 Å². The summed E-state index contributed by atoms with van der Waals surface area (Å²) in [5.74, 6) is 2.78. The number of hydrogen-bond acceptors (Lipinski definition) is 10. The van der Waals surface area contributed by atoms with Gasteiger partial charge in [0.05, 0.1) is 22.7 Å². The summed E-state index contributed by atoms with van der Waals surface area (Å²) >= 11 is 12.1. The summed E-state index contributed by atoms with van der Waals surface area (Å²) in [6.07, 6.45) is 0. The number of para-hydroxylation sites is 4. The first kappa shape index (κ1) is 52.2. The van der Waals surface area contributed by atoms with Gasteiger partial charge in [-0.25, -0.2) is 0 Å². The second kappa shape index (κ2) is 21.5. The third kappa shape index (κ3) is 12.5. The number of hydrogen-bond donors (Lipinski definition) is 2. The number of likely N-dealkylation sites (N-methyl/N-ethyl adjacent to an activating group) is 3. The van der Waals surface area contributed by atoms with Crippen molar-refractivity contribution in [3.05, 3.63) is 93.9 Å². The SMILES string of the molecule is CC1(C)Oc2ccccc2NC1=O.CI.CN1C(=O)C(C)(C)Oc2cc(Br)ccc21.CN1C(=O)C(C)(C)Oc2ccc(Br)cc21.CN1C(=O)C(C)(C)Oc2ccccc21.[B]=NS. The molecule has 0 spiro atoms. The number of carbonyl (C=O) groups is 4. The molecule has 4 aliphatic rings. The van der Waals surface area contributed by atoms with Crippen molar-refractivity contribution in [2.24, 2.45) is 4.30 Å². The molecule has 0 saturated heterocycles. The number of nitrogens with zero attached hydrogens (tertiary/aromatic N) is 4. The maximum atomic E-state index is 11.9. The van der Waals surface area contributed by atoms with E-state index in [0.717, 1.165) is 54.7 Å². The Balaban J connectivity index is 0.000000213. The average molecular weight is 1110 g/mol. The van der Waals surface area contributed by atoms with Crippen LogP contribution in [-0.2, 0) is 19.2 Å². The quantitative estimate of drug-likeness (QED) is 0.0769. The zero-order valence-corrected chi connectivity index (χ0v) is 43.0. The fourth-order valence-electron chi connectivity index (χ4n) is 6.25. The maximum absolute atomic E-state index is 11.9. The Labute approximate surface area is 401 Å². The number of carbonyl (C=O) groups excluding carboxylic acids is 4. The van der Waals surface area contributed by atoms with E-state index in [1.807, 2.05) is 89.9 Å². The van der Waals surface area contributed by atoms with Gasteiger partial charge in [0.2, 0.25) is 0 Å². The van der Waals surface area contributed by atoms with Gasteiger partial charge >= 0.3 is 24.8 Å². The first-order valence-corrected chi connectivity index (χ1v) is 23.1. The van der Waals surface area contributed by atoms with E-state index in [1.165, 1.54) is 0 Å². The molecular weight excluding hydrogens is 1060 g/mol. The van der Waals surface area contributed by atoms with E-state index < -0.39 is 22.4 Å². The Hall–Kier alpha value is -4.14.